The summed E-state index contributed by atoms with van der Waals surface area (Å²) in [5, 5.41) is 8.81. The van der Waals surface area contributed by atoms with Crippen molar-refractivity contribution in [1.29, 1.82) is 5.26 Å². The Bertz CT molecular complexity index is 1650. The molecule has 0 spiro atoms. The molecule has 0 N–H and O–H groups in total. The number of hydrogen-bond donors (Lipinski definition) is 0. The molecule has 2 aromatic carbocycles. The highest BCUT2D eigenvalue weighted by Gasteiger charge is 2.36. The third-order valence-corrected chi connectivity index (χ3v) is 7.02. The molecule has 2 heterocycles. The van der Waals surface area contributed by atoms with Crippen LogP contribution in [0.5, 0.6) is 17.2 Å². The summed E-state index contributed by atoms with van der Waals surface area (Å²) in [5.74, 6) is 0.796. The van der Waals surface area contributed by atoms with Crippen molar-refractivity contribution in [3.05, 3.63) is 84.5 Å². The molecule has 1 atom stereocenters. The molecule has 0 aliphatic carbocycles. The molecule has 4 rings (SSSR count). The summed E-state index contributed by atoms with van der Waals surface area (Å²) < 4.78 is 29.3. The molecule has 0 saturated heterocycles. The van der Waals surface area contributed by atoms with Crippen molar-refractivity contribution in [3.8, 4) is 23.3 Å². The molecule has 208 valence electrons. The van der Waals surface area contributed by atoms with Crippen molar-refractivity contribution in [2.75, 3.05) is 40.6 Å². The van der Waals surface area contributed by atoms with Crippen LogP contribution in [0.3, 0.4) is 0 Å². The van der Waals surface area contributed by atoms with Crippen LogP contribution in [0.1, 0.15) is 31.0 Å². The molecule has 0 unspecified atom stereocenters. The fourth-order valence-electron chi connectivity index (χ4n) is 4.34. The van der Waals surface area contributed by atoms with Crippen LogP contribution in [0.15, 0.2) is 63.5 Å². The first-order valence-electron chi connectivity index (χ1n) is 12.5. The first-order valence-corrected chi connectivity index (χ1v) is 13.3. The summed E-state index contributed by atoms with van der Waals surface area (Å²) in [7, 11) is 3.05. The van der Waals surface area contributed by atoms with E-state index in [4.69, 9.17) is 28.9 Å². The van der Waals surface area contributed by atoms with Crippen molar-refractivity contribution < 1.29 is 28.5 Å². The molecule has 1 aromatic heterocycles. The van der Waals surface area contributed by atoms with E-state index in [1.54, 1.807) is 49.4 Å². The van der Waals surface area contributed by atoms with Crippen molar-refractivity contribution in [3.63, 3.8) is 0 Å². The third kappa shape index (κ3) is 5.93. The van der Waals surface area contributed by atoms with Gasteiger partial charge in [-0.05, 0) is 43.7 Å². The zero-order valence-electron chi connectivity index (χ0n) is 22.6. The fraction of sp³-hybridized carbons (Fsp3) is 0.310. The van der Waals surface area contributed by atoms with Gasteiger partial charge in [0.25, 0.3) is 5.56 Å². The number of hydrogen-bond acceptors (Lipinski definition) is 10. The average molecular weight is 564 g/mol. The molecule has 11 heteroatoms. The predicted octanol–water partition coefficient (Wildman–Crippen LogP) is 2.73. The van der Waals surface area contributed by atoms with Crippen molar-refractivity contribution in [2.24, 2.45) is 4.99 Å². The van der Waals surface area contributed by atoms with E-state index in [9.17, 15) is 9.59 Å². The van der Waals surface area contributed by atoms with Gasteiger partial charge in [-0.2, -0.15) is 5.26 Å². The van der Waals surface area contributed by atoms with Gasteiger partial charge in [-0.1, -0.05) is 35.6 Å². The summed E-state index contributed by atoms with van der Waals surface area (Å²) in [4.78, 5) is 32.4. The lowest BCUT2D eigenvalue weighted by molar-refractivity contribution is -0.140. The topological polar surface area (TPSA) is 121 Å². The largest absolute Gasteiger partial charge is 0.493 e. The fourth-order valence-corrected chi connectivity index (χ4v) is 5.39. The molecule has 0 amide bonds. The number of methoxy groups -OCH3 is 2. The van der Waals surface area contributed by atoms with Crippen molar-refractivity contribution in [1.82, 2.24) is 4.57 Å². The Labute approximate surface area is 235 Å². The van der Waals surface area contributed by atoms with E-state index in [0.717, 1.165) is 0 Å². The molecule has 0 bridgehead atoms. The summed E-state index contributed by atoms with van der Waals surface area (Å²) >= 11 is 1.20. The molecule has 10 nitrogen and oxygen atoms in total. The van der Waals surface area contributed by atoms with Crippen LogP contribution in [-0.2, 0) is 14.3 Å². The highest BCUT2D eigenvalue weighted by molar-refractivity contribution is 7.07. The molecule has 0 saturated carbocycles. The second-order valence-electron chi connectivity index (χ2n) is 8.54. The number of carbonyl (C=O) groups excluding carboxylic acids is 1. The van der Waals surface area contributed by atoms with E-state index in [-0.39, 0.29) is 31.0 Å². The lowest BCUT2D eigenvalue weighted by Crippen LogP contribution is -2.40. The van der Waals surface area contributed by atoms with Crippen molar-refractivity contribution >= 4 is 23.4 Å². The van der Waals surface area contributed by atoms with E-state index in [1.165, 1.54) is 30.1 Å². The normalized spacial score (nSPS) is 14.7. The quantitative estimate of drug-likeness (QED) is 0.258. The van der Waals surface area contributed by atoms with Gasteiger partial charge in [-0.15, -0.1) is 0 Å². The maximum absolute atomic E-state index is 14.0. The summed E-state index contributed by atoms with van der Waals surface area (Å²) in [6, 6.07) is 13.5. The first-order chi connectivity index (χ1) is 19.4. The second kappa shape index (κ2) is 13.1. The monoisotopic (exact) mass is 563 g/mol. The number of thiazole rings is 1. The van der Waals surface area contributed by atoms with Gasteiger partial charge in [0.2, 0.25) is 0 Å². The number of esters is 1. The maximum atomic E-state index is 14.0. The highest BCUT2D eigenvalue weighted by atomic mass is 32.1. The number of ether oxygens (including phenoxy) is 5. The number of para-hydroxylation sites is 1. The second-order valence-corrected chi connectivity index (χ2v) is 9.55. The predicted molar refractivity (Wildman–Crippen MR) is 148 cm³/mol. The number of aromatic nitrogens is 1. The van der Waals surface area contributed by atoms with Gasteiger partial charge < -0.3 is 23.7 Å². The van der Waals surface area contributed by atoms with Crippen LogP contribution in [0.25, 0.3) is 6.08 Å². The van der Waals surface area contributed by atoms with E-state index >= 15 is 0 Å². The number of rotatable bonds is 11. The number of carbonyl (C=O) groups is 1. The van der Waals surface area contributed by atoms with Gasteiger partial charge >= 0.3 is 5.97 Å². The summed E-state index contributed by atoms with van der Waals surface area (Å²) in [5.41, 5.74) is 1.59. The van der Waals surface area contributed by atoms with Gasteiger partial charge in [0.05, 0.1) is 36.1 Å². The number of fused-ring (bicyclic) bond motifs is 1. The van der Waals surface area contributed by atoms with E-state index in [0.29, 0.717) is 50.0 Å². The molecular weight excluding hydrogens is 534 g/mol. The summed E-state index contributed by atoms with van der Waals surface area (Å²) in [6.45, 7) is 4.09. The number of nitriles is 1. The van der Waals surface area contributed by atoms with E-state index < -0.39 is 12.0 Å². The van der Waals surface area contributed by atoms with E-state index in [2.05, 4.69) is 4.99 Å². The number of allylic oxidation sites excluding steroid dienone is 1. The Morgan fingerprint density at radius 2 is 1.98 bits per heavy atom. The van der Waals surface area contributed by atoms with Crippen molar-refractivity contribution in [2.45, 2.75) is 19.9 Å². The van der Waals surface area contributed by atoms with Crippen LogP contribution in [0, 0.1) is 11.3 Å². The number of benzene rings is 2. The first kappa shape index (κ1) is 28.6. The minimum absolute atomic E-state index is 0.0455. The molecule has 0 fully saturated rings. The van der Waals surface area contributed by atoms with E-state index in [1.807, 2.05) is 19.1 Å². The molecule has 3 aromatic rings. The van der Waals surface area contributed by atoms with Crippen LogP contribution >= 0.6 is 11.3 Å². The van der Waals surface area contributed by atoms with Gasteiger partial charge in [0.15, 0.2) is 22.9 Å². The maximum Gasteiger partial charge on any atom is 0.338 e. The Hall–Kier alpha value is -4.40. The third-order valence-electron chi connectivity index (χ3n) is 6.03. The minimum Gasteiger partial charge on any atom is -0.493 e. The zero-order valence-corrected chi connectivity index (χ0v) is 23.4. The molecule has 40 heavy (non-hydrogen) atoms. The molecule has 1 aliphatic heterocycles. The Morgan fingerprint density at radius 3 is 2.70 bits per heavy atom. The summed E-state index contributed by atoms with van der Waals surface area (Å²) in [6.07, 6.45) is 1.73. The Balaban J connectivity index is 1.92. The molecular formula is C29H29N3O7S. The van der Waals surface area contributed by atoms with Gasteiger partial charge in [-0.3, -0.25) is 9.36 Å². The molecule has 0 radical (unpaired) electrons. The van der Waals surface area contributed by atoms with Crippen LogP contribution < -0.4 is 29.1 Å². The smallest absolute Gasteiger partial charge is 0.338 e. The van der Waals surface area contributed by atoms with Gasteiger partial charge in [0.1, 0.15) is 24.5 Å². The van der Waals surface area contributed by atoms with Crippen LogP contribution in [-0.4, -0.2) is 51.2 Å². The SMILES string of the molecule is CCOc1c(OC)cccc1[C@@H]1C(C(=O)OCCOC)=C(C)N=c2s/c(=C/c3cccc(OCC#N)c3)c(=O)n21. The van der Waals surface area contributed by atoms with Gasteiger partial charge in [0, 0.05) is 12.7 Å². The standard InChI is InChI=1S/C29H29N3O7S/c1-5-37-26-21(10-7-11-22(26)36-4)25-24(28(34)39-15-14-35-3)18(2)31-29-32(25)27(33)23(40-29)17-19-8-6-9-20(16-19)38-13-12-30/h6-11,16-17,25H,5,13-15H2,1-4H3/b23-17+/t25-/m1/s1. The highest BCUT2D eigenvalue weighted by Crippen LogP contribution is 2.40. The lowest BCUT2D eigenvalue weighted by atomic mass is 9.94. The lowest BCUT2D eigenvalue weighted by Gasteiger charge is -2.27. The zero-order chi connectivity index (χ0) is 28.6. The van der Waals surface area contributed by atoms with Crippen LogP contribution in [0.4, 0.5) is 0 Å². The Kier molecular flexibility index (Phi) is 9.37. The molecule has 1 aliphatic rings. The average Bonchev–Trinajstić information content (AvgIpc) is 3.25. The minimum atomic E-state index is -0.879. The van der Waals surface area contributed by atoms with Gasteiger partial charge in [-0.25, -0.2) is 9.79 Å². The van der Waals surface area contributed by atoms with Crippen LogP contribution in [0.2, 0.25) is 0 Å². The number of nitrogens with zero attached hydrogens (tertiary/aromatic N) is 3. The Morgan fingerprint density at radius 1 is 1.18 bits per heavy atom.